The zero-order chi connectivity index (χ0) is 17.1. The van der Waals surface area contributed by atoms with Gasteiger partial charge in [-0.15, -0.1) is 0 Å². The van der Waals surface area contributed by atoms with Crippen molar-refractivity contribution >= 4 is 16.9 Å². The predicted molar refractivity (Wildman–Crippen MR) is 101 cm³/mol. The summed E-state index contributed by atoms with van der Waals surface area (Å²) in [7, 11) is -4.05. The molecule has 0 aliphatic rings. The van der Waals surface area contributed by atoms with Crippen LogP contribution in [-0.4, -0.2) is 36.7 Å². The van der Waals surface area contributed by atoms with Crippen LogP contribution < -0.4 is 0 Å². The van der Waals surface area contributed by atoms with E-state index in [1.165, 1.54) is 30.9 Å². The first kappa shape index (κ1) is 22.1. The maximum absolute atomic E-state index is 6.12. The number of rotatable bonds is 13. The summed E-state index contributed by atoms with van der Waals surface area (Å²) in [5.74, 6) is 0. The molecule has 0 bridgehead atoms. The standard InChI is InChI=1S/C17H38O3Si2/c1-8-12-13-14-15-17(16-21(5,6)7)22(18-9-2,19-10-3)20-11-4/h16H,8-15H2,1-7H3. The fourth-order valence-corrected chi connectivity index (χ4v) is 8.18. The molecule has 5 heteroatoms. The molecule has 132 valence electrons. The summed E-state index contributed by atoms with van der Waals surface area (Å²) in [5.41, 5.74) is 2.46. The van der Waals surface area contributed by atoms with Crippen LogP contribution in [0.2, 0.25) is 19.6 Å². The summed E-state index contributed by atoms with van der Waals surface area (Å²) >= 11 is 0. The van der Waals surface area contributed by atoms with E-state index < -0.39 is 16.9 Å². The van der Waals surface area contributed by atoms with Gasteiger partial charge >= 0.3 is 8.80 Å². The van der Waals surface area contributed by atoms with Gasteiger partial charge in [-0.05, 0) is 38.8 Å². The summed E-state index contributed by atoms with van der Waals surface area (Å²) in [6, 6.07) is 0. The minimum atomic E-state index is -2.70. The number of hydrogen-bond acceptors (Lipinski definition) is 3. The Morgan fingerprint density at radius 2 is 1.27 bits per heavy atom. The van der Waals surface area contributed by atoms with Crippen LogP contribution in [0.25, 0.3) is 0 Å². The molecule has 0 atom stereocenters. The van der Waals surface area contributed by atoms with Gasteiger partial charge in [0.2, 0.25) is 0 Å². The molecule has 0 aromatic carbocycles. The first-order chi connectivity index (χ1) is 10.3. The SMILES string of the molecule is CCCCCCC(=C[Si](C)(C)C)[Si](OCC)(OCC)OCC. The first-order valence-electron chi connectivity index (χ1n) is 8.99. The molecule has 3 nitrogen and oxygen atoms in total. The number of unbranched alkanes of at least 4 members (excludes halogenated alkanes) is 3. The summed E-state index contributed by atoms with van der Waals surface area (Å²) in [6.45, 7) is 17.4. The van der Waals surface area contributed by atoms with Crippen LogP contribution in [-0.2, 0) is 13.3 Å². The van der Waals surface area contributed by atoms with E-state index in [2.05, 4.69) is 32.3 Å². The Hall–Kier alpha value is 0.0538. The molecule has 0 unspecified atom stereocenters. The van der Waals surface area contributed by atoms with Crippen LogP contribution in [0.5, 0.6) is 0 Å². The summed E-state index contributed by atoms with van der Waals surface area (Å²) < 4.78 is 18.4. The zero-order valence-electron chi connectivity index (χ0n) is 16.0. The highest BCUT2D eigenvalue weighted by Crippen LogP contribution is 2.27. The van der Waals surface area contributed by atoms with Crippen LogP contribution in [0, 0.1) is 0 Å². The predicted octanol–water partition coefficient (Wildman–Crippen LogP) is 5.35. The van der Waals surface area contributed by atoms with Crippen LogP contribution in [0.15, 0.2) is 10.9 Å². The van der Waals surface area contributed by atoms with Crippen molar-refractivity contribution in [2.45, 2.75) is 79.4 Å². The van der Waals surface area contributed by atoms with E-state index in [4.69, 9.17) is 13.3 Å². The Kier molecular flexibility index (Phi) is 11.6. The van der Waals surface area contributed by atoms with Crippen LogP contribution in [0.4, 0.5) is 0 Å². The van der Waals surface area contributed by atoms with E-state index in [0.717, 1.165) is 6.42 Å². The van der Waals surface area contributed by atoms with E-state index in [1.54, 1.807) is 0 Å². The van der Waals surface area contributed by atoms with Crippen molar-refractivity contribution in [1.82, 2.24) is 0 Å². The van der Waals surface area contributed by atoms with Crippen LogP contribution in [0.1, 0.15) is 59.8 Å². The molecule has 0 aliphatic heterocycles. The zero-order valence-corrected chi connectivity index (χ0v) is 18.0. The molecule has 0 saturated carbocycles. The Morgan fingerprint density at radius 1 is 0.773 bits per heavy atom. The van der Waals surface area contributed by atoms with Crippen molar-refractivity contribution in [3.63, 3.8) is 0 Å². The van der Waals surface area contributed by atoms with E-state index in [9.17, 15) is 0 Å². The number of allylic oxidation sites excluding steroid dienone is 1. The Morgan fingerprint density at radius 3 is 1.64 bits per heavy atom. The third-order valence-electron chi connectivity index (χ3n) is 3.30. The Balaban J connectivity index is 5.37. The minimum absolute atomic E-state index is 0.643. The van der Waals surface area contributed by atoms with Gasteiger partial charge in [-0.2, -0.15) is 0 Å². The molecule has 0 aromatic heterocycles. The molecule has 0 saturated heterocycles. The maximum atomic E-state index is 6.12. The molecule has 0 rings (SSSR count). The van der Waals surface area contributed by atoms with Gasteiger partial charge in [0.15, 0.2) is 0 Å². The molecule has 0 heterocycles. The van der Waals surface area contributed by atoms with Crippen molar-refractivity contribution in [2.24, 2.45) is 0 Å². The Bertz CT molecular complexity index is 294. The average molecular weight is 347 g/mol. The molecule has 0 N–H and O–H groups in total. The quantitative estimate of drug-likeness (QED) is 0.332. The van der Waals surface area contributed by atoms with Crippen molar-refractivity contribution in [2.75, 3.05) is 19.8 Å². The van der Waals surface area contributed by atoms with Gasteiger partial charge in [-0.3, -0.25) is 0 Å². The lowest BCUT2D eigenvalue weighted by molar-refractivity contribution is 0.0797. The Labute approximate surface area is 140 Å². The molecule has 0 amide bonds. The monoisotopic (exact) mass is 346 g/mol. The smallest absolute Gasteiger partial charge is 0.371 e. The van der Waals surface area contributed by atoms with E-state index in [1.807, 2.05) is 20.8 Å². The summed E-state index contributed by atoms with van der Waals surface area (Å²) in [5, 5.41) is 1.33. The summed E-state index contributed by atoms with van der Waals surface area (Å²) in [6.07, 6.45) is 6.09. The van der Waals surface area contributed by atoms with E-state index >= 15 is 0 Å². The minimum Gasteiger partial charge on any atom is -0.371 e. The van der Waals surface area contributed by atoms with Gasteiger partial charge in [0.1, 0.15) is 0 Å². The van der Waals surface area contributed by atoms with Gasteiger partial charge in [0.25, 0.3) is 0 Å². The van der Waals surface area contributed by atoms with Crippen molar-refractivity contribution in [1.29, 1.82) is 0 Å². The third-order valence-corrected chi connectivity index (χ3v) is 7.99. The molecular formula is C17H38O3Si2. The lowest BCUT2D eigenvalue weighted by Gasteiger charge is -2.32. The highest BCUT2D eigenvalue weighted by molar-refractivity contribution is 6.83. The lowest BCUT2D eigenvalue weighted by Crippen LogP contribution is -2.49. The molecule has 0 aromatic rings. The van der Waals surface area contributed by atoms with Crippen molar-refractivity contribution in [3.8, 4) is 0 Å². The number of hydrogen-bond donors (Lipinski definition) is 0. The highest BCUT2D eigenvalue weighted by Gasteiger charge is 2.45. The molecule has 0 radical (unpaired) electrons. The third kappa shape index (κ3) is 8.62. The fourth-order valence-electron chi connectivity index (χ4n) is 2.55. The normalized spacial score (nSPS) is 13.7. The van der Waals surface area contributed by atoms with Gasteiger partial charge in [0, 0.05) is 19.8 Å². The lowest BCUT2D eigenvalue weighted by atomic mass is 10.1. The molecular weight excluding hydrogens is 308 g/mol. The van der Waals surface area contributed by atoms with Gasteiger partial charge in [0.05, 0.1) is 8.07 Å². The van der Waals surface area contributed by atoms with Crippen molar-refractivity contribution in [3.05, 3.63) is 10.9 Å². The van der Waals surface area contributed by atoms with Crippen molar-refractivity contribution < 1.29 is 13.3 Å². The van der Waals surface area contributed by atoms with Crippen LogP contribution in [0.3, 0.4) is 0 Å². The van der Waals surface area contributed by atoms with Crippen LogP contribution >= 0.6 is 0 Å². The second-order valence-corrected chi connectivity index (χ2v) is 14.3. The molecule has 0 fully saturated rings. The second kappa shape index (κ2) is 11.6. The van der Waals surface area contributed by atoms with Gasteiger partial charge < -0.3 is 13.3 Å². The topological polar surface area (TPSA) is 27.7 Å². The van der Waals surface area contributed by atoms with E-state index in [0.29, 0.717) is 19.8 Å². The second-order valence-electron chi connectivity index (χ2n) is 6.70. The summed E-state index contributed by atoms with van der Waals surface area (Å²) in [4.78, 5) is 0. The average Bonchev–Trinajstić information content (AvgIpc) is 2.41. The molecule has 0 aliphatic carbocycles. The van der Waals surface area contributed by atoms with Gasteiger partial charge in [-0.25, -0.2) is 0 Å². The maximum Gasteiger partial charge on any atom is 0.532 e. The molecule has 22 heavy (non-hydrogen) atoms. The largest absolute Gasteiger partial charge is 0.532 e. The highest BCUT2D eigenvalue weighted by atomic mass is 28.4. The van der Waals surface area contributed by atoms with E-state index in [-0.39, 0.29) is 0 Å². The molecule has 0 spiro atoms. The van der Waals surface area contributed by atoms with Gasteiger partial charge in [-0.1, -0.05) is 51.5 Å². The fraction of sp³-hybridized carbons (Fsp3) is 0.882. The first-order valence-corrected chi connectivity index (χ1v) is 14.3.